The molecule has 0 unspecified atom stereocenters. The van der Waals surface area contributed by atoms with Crippen LogP contribution in [-0.2, 0) is 10.1 Å². The molecular formula is C25H21NO4S. The van der Waals surface area contributed by atoms with Crippen LogP contribution in [0.25, 0.3) is 10.8 Å². The molecule has 0 N–H and O–H groups in total. The number of hydrogen-bond acceptors (Lipinski definition) is 5. The summed E-state index contributed by atoms with van der Waals surface area (Å²) in [6.07, 6.45) is 1.61. The first-order valence-corrected chi connectivity index (χ1v) is 11.1. The van der Waals surface area contributed by atoms with Crippen LogP contribution in [0.15, 0.2) is 94.8 Å². The third kappa shape index (κ3) is 4.44. The van der Waals surface area contributed by atoms with Crippen LogP contribution in [0.5, 0.6) is 11.5 Å². The third-order valence-electron chi connectivity index (χ3n) is 4.86. The molecule has 6 heteroatoms. The topological polar surface area (TPSA) is 65.0 Å². The van der Waals surface area contributed by atoms with E-state index in [0.717, 1.165) is 16.3 Å². The van der Waals surface area contributed by atoms with Crippen LogP contribution in [0.4, 0.5) is 5.69 Å². The molecule has 0 aliphatic heterocycles. The molecule has 0 radical (unpaired) electrons. The van der Waals surface area contributed by atoms with Gasteiger partial charge in [-0.05, 0) is 48.0 Å². The lowest BCUT2D eigenvalue weighted by atomic mass is 10.0. The van der Waals surface area contributed by atoms with E-state index in [1.807, 2.05) is 61.5 Å². The predicted molar refractivity (Wildman–Crippen MR) is 123 cm³/mol. The van der Waals surface area contributed by atoms with Crippen molar-refractivity contribution in [2.75, 3.05) is 7.11 Å². The molecule has 4 aromatic carbocycles. The molecule has 0 aliphatic rings. The third-order valence-corrected chi connectivity index (χ3v) is 6.11. The first-order chi connectivity index (χ1) is 15.0. The standard InChI is InChI=1S/C25H21NO4S/c1-18-11-14-20(15-12-18)31(27,28)30-24-16-13-19-7-3-4-8-21(19)22(24)17-26-23-9-5-6-10-25(23)29-2/h3-17H,1-2H3. The number of benzene rings is 4. The Balaban J connectivity index is 1.81. The number of aryl methyl sites for hydroxylation is 1. The molecule has 0 aromatic heterocycles. The fraction of sp³-hybridized carbons (Fsp3) is 0.0800. The summed E-state index contributed by atoms with van der Waals surface area (Å²) < 4.78 is 36.7. The molecule has 0 atom stereocenters. The van der Waals surface area contributed by atoms with Gasteiger partial charge >= 0.3 is 10.1 Å². The summed E-state index contributed by atoms with van der Waals surface area (Å²) in [6, 6.07) is 25.1. The minimum atomic E-state index is -4.00. The largest absolute Gasteiger partial charge is 0.494 e. The second kappa shape index (κ2) is 8.62. The van der Waals surface area contributed by atoms with Crippen LogP contribution in [0.1, 0.15) is 11.1 Å². The van der Waals surface area contributed by atoms with Gasteiger partial charge in [0.25, 0.3) is 0 Å². The van der Waals surface area contributed by atoms with Crippen LogP contribution in [-0.4, -0.2) is 21.7 Å². The van der Waals surface area contributed by atoms with E-state index < -0.39 is 10.1 Å². The molecule has 0 fully saturated rings. The molecule has 4 rings (SSSR count). The Hall–Kier alpha value is -3.64. The smallest absolute Gasteiger partial charge is 0.339 e. The van der Waals surface area contributed by atoms with E-state index >= 15 is 0 Å². The Kier molecular flexibility index (Phi) is 5.73. The predicted octanol–water partition coefficient (Wildman–Crippen LogP) is 5.68. The molecule has 4 aromatic rings. The fourth-order valence-electron chi connectivity index (χ4n) is 3.22. The normalized spacial score (nSPS) is 11.7. The molecule has 0 heterocycles. The maximum atomic E-state index is 12.9. The van der Waals surface area contributed by atoms with Gasteiger partial charge in [0.1, 0.15) is 16.3 Å². The first kappa shape index (κ1) is 20.6. The molecule has 0 aliphatic carbocycles. The van der Waals surface area contributed by atoms with E-state index in [-0.39, 0.29) is 10.6 Å². The van der Waals surface area contributed by atoms with Crippen LogP contribution in [0.3, 0.4) is 0 Å². The zero-order valence-corrected chi connectivity index (χ0v) is 18.0. The molecule has 0 amide bonds. The van der Waals surface area contributed by atoms with Crippen molar-refractivity contribution >= 4 is 32.8 Å². The highest BCUT2D eigenvalue weighted by Crippen LogP contribution is 2.31. The number of methoxy groups -OCH3 is 1. The van der Waals surface area contributed by atoms with Gasteiger partial charge in [-0.3, -0.25) is 4.99 Å². The summed E-state index contributed by atoms with van der Waals surface area (Å²) in [5.74, 6) is 0.826. The monoisotopic (exact) mass is 431 g/mol. The van der Waals surface area contributed by atoms with E-state index in [2.05, 4.69) is 4.99 Å². The molecule has 31 heavy (non-hydrogen) atoms. The van der Waals surface area contributed by atoms with Crippen LogP contribution < -0.4 is 8.92 Å². The van der Waals surface area contributed by atoms with Gasteiger partial charge in [0.2, 0.25) is 0 Å². The molecule has 0 saturated heterocycles. The Morgan fingerprint density at radius 3 is 2.29 bits per heavy atom. The van der Waals surface area contributed by atoms with E-state index in [0.29, 0.717) is 17.0 Å². The minimum Gasteiger partial charge on any atom is -0.494 e. The maximum Gasteiger partial charge on any atom is 0.339 e. The van der Waals surface area contributed by atoms with Crippen LogP contribution in [0.2, 0.25) is 0 Å². The Labute approximate surface area is 181 Å². The Morgan fingerprint density at radius 2 is 1.52 bits per heavy atom. The second-order valence-corrected chi connectivity index (χ2v) is 8.53. The Bertz CT molecular complexity index is 1360. The fourth-order valence-corrected chi connectivity index (χ4v) is 4.17. The average Bonchev–Trinajstić information content (AvgIpc) is 2.78. The highest BCUT2D eigenvalue weighted by Gasteiger charge is 2.19. The summed E-state index contributed by atoms with van der Waals surface area (Å²) in [6.45, 7) is 1.90. The van der Waals surface area contributed by atoms with Crippen molar-refractivity contribution in [2.45, 2.75) is 11.8 Å². The van der Waals surface area contributed by atoms with Gasteiger partial charge in [0.05, 0.1) is 7.11 Å². The van der Waals surface area contributed by atoms with Crippen LogP contribution >= 0.6 is 0 Å². The van der Waals surface area contributed by atoms with E-state index in [4.69, 9.17) is 8.92 Å². The van der Waals surface area contributed by atoms with Crippen molar-refractivity contribution in [3.8, 4) is 11.5 Å². The number of ether oxygens (including phenoxy) is 1. The van der Waals surface area contributed by atoms with Crippen molar-refractivity contribution < 1.29 is 17.3 Å². The van der Waals surface area contributed by atoms with Gasteiger partial charge in [-0.25, -0.2) is 0 Å². The molecule has 5 nitrogen and oxygen atoms in total. The lowest BCUT2D eigenvalue weighted by Gasteiger charge is -2.12. The van der Waals surface area contributed by atoms with E-state index in [9.17, 15) is 8.42 Å². The van der Waals surface area contributed by atoms with Gasteiger partial charge in [0, 0.05) is 11.8 Å². The molecular weight excluding hydrogens is 410 g/mol. The van der Waals surface area contributed by atoms with Crippen molar-refractivity contribution in [3.05, 3.63) is 96.1 Å². The number of rotatable bonds is 6. The first-order valence-electron chi connectivity index (χ1n) is 9.68. The number of nitrogens with zero attached hydrogens (tertiary/aromatic N) is 1. The van der Waals surface area contributed by atoms with Gasteiger partial charge in [-0.2, -0.15) is 8.42 Å². The Morgan fingerprint density at radius 1 is 0.806 bits per heavy atom. The van der Waals surface area contributed by atoms with Crippen molar-refractivity contribution in [3.63, 3.8) is 0 Å². The minimum absolute atomic E-state index is 0.0962. The SMILES string of the molecule is COc1ccccc1N=Cc1c(OS(=O)(=O)c2ccc(C)cc2)ccc2ccccc12. The summed E-state index contributed by atoms with van der Waals surface area (Å²) in [5.41, 5.74) is 2.17. The number of fused-ring (bicyclic) bond motifs is 1. The van der Waals surface area contributed by atoms with E-state index in [1.54, 1.807) is 31.5 Å². The summed E-state index contributed by atoms with van der Waals surface area (Å²) in [5, 5.41) is 1.78. The zero-order valence-electron chi connectivity index (χ0n) is 17.1. The lowest BCUT2D eigenvalue weighted by Crippen LogP contribution is -2.11. The summed E-state index contributed by atoms with van der Waals surface area (Å²) in [4.78, 5) is 4.64. The summed E-state index contributed by atoms with van der Waals surface area (Å²) >= 11 is 0. The van der Waals surface area contributed by atoms with Crippen molar-refractivity contribution in [1.29, 1.82) is 0 Å². The highest BCUT2D eigenvalue weighted by molar-refractivity contribution is 7.87. The van der Waals surface area contributed by atoms with Gasteiger partial charge in [-0.15, -0.1) is 0 Å². The maximum absolute atomic E-state index is 12.9. The lowest BCUT2D eigenvalue weighted by molar-refractivity contribution is 0.416. The van der Waals surface area contributed by atoms with E-state index in [1.165, 1.54) is 12.1 Å². The quantitative estimate of drug-likeness (QED) is 0.291. The molecule has 156 valence electrons. The van der Waals surface area contributed by atoms with Crippen molar-refractivity contribution in [1.82, 2.24) is 0 Å². The molecule has 0 saturated carbocycles. The van der Waals surface area contributed by atoms with Gasteiger partial charge in [-0.1, -0.05) is 60.2 Å². The molecule has 0 spiro atoms. The average molecular weight is 432 g/mol. The second-order valence-electron chi connectivity index (χ2n) is 6.98. The number of para-hydroxylation sites is 2. The van der Waals surface area contributed by atoms with Gasteiger partial charge < -0.3 is 8.92 Å². The zero-order chi connectivity index (χ0) is 21.8. The van der Waals surface area contributed by atoms with Crippen LogP contribution in [0, 0.1) is 6.92 Å². The van der Waals surface area contributed by atoms with Crippen molar-refractivity contribution in [2.24, 2.45) is 4.99 Å². The van der Waals surface area contributed by atoms with Gasteiger partial charge in [0.15, 0.2) is 5.75 Å². The molecule has 0 bridgehead atoms. The number of aliphatic imine (C=N–C) groups is 1. The number of hydrogen-bond donors (Lipinski definition) is 0. The highest BCUT2D eigenvalue weighted by atomic mass is 32.2. The summed E-state index contributed by atoms with van der Waals surface area (Å²) in [7, 11) is -2.43.